The number of halogens is 1. The van der Waals surface area contributed by atoms with E-state index < -0.39 is 18.0 Å². The first kappa shape index (κ1) is 17.4. The summed E-state index contributed by atoms with van der Waals surface area (Å²) in [5, 5.41) is 12.1. The van der Waals surface area contributed by atoms with Gasteiger partial charge in [-0.1, -0.05) is 0 Å². The van der Waals surface area contributed by atoms with Gasteiger partial charge in [-0.15, -0.1) is 0 Å². The Labute approximate surface area is 124 Å². The van der Waals surface area contributed by atoms with Crippen molar-refractivity contribution in [2.45, 2.75) is 32.5 Å². The Morgan fingerprint density at radius 2 is 2.14 bits per heavy atom. The second-order valence-corrected chi connectivity index (χ2v) is 4.76. The maximum Gasteiger partial charge on any atom is 0.260 e. The van der Waals surface area contributed by atoms with Gasteiger partial charge in [0.2, 0.25) is 0 Å². The number of hydrogen-bond donors (Lipinski definition) is 2. The molecule has 0 radical (unpaired) electrons. The van der Waals surface area contributed by atoms with Gasteiger partial charge in [-0.25, -0.2) is 4.39 Å². The Bertz CT molecular complexity index is 465. The van der Waals surface area contributed by atoms with E-state index in [0.717, 1.165) is 6.07 Å². The zero-order valence-corrected chi connectivity index (χ0v) is 12.6. The number of methoxy groups -OCH3 is 1. The van der Waals surface area contributed by atoms with Crippen LogP contribution in [0.2, 0.25) is 0 Å². The minimum atomic E-state index is -0.888. The fourth-order valence-corrected chi connectivity index (χ4v) is 1.75. The van der Waals surface area contributed by atoms with Crippen LogP contribution in [0.4, 0.5) is 4.39 Å². The summed E-state index contributed by atoms with van der Waals surface area (Å²) in [4.78, 5) is 11.8. The van der Waals surface area contributed by atoms with Gasteiger partial charge in [-0.2, -0.15) is 0 Å². The molecule has 0 aliphatic rings. The lowest BCUT2D eigenvalue weighted by molar-refractivity contribution is -0.127. The van der Waals surface area contributed by atoms with Crippen molar-refractivity contribution < 1.29 is 23.8 Å². The zero-order chi connectivity index (χ0) is 15.8. The lowest BCUT2D eigenvalue weighted by atomic mass is 10.1. The minimum absolute atomic E-state index is 0.194. The maximum atomic E-state index is 13.7. The van der Waals surface area contributed by atoms with Crippen LogP contribution in [0.25, 0.3) is 0 Å². The first-order valence-corrected chi connectivity index (χ1v) is 6.86. The van der Waals surface area contributed by atoms with E-state index >= 15 is 0 Å². The van der Waals surface area contributed by atoms with Crippen LogP contribution in [-0.2, 0) is 9.53 Å². The van der Waals surface area contributed by atoms with E-state index in [2.05, 4.69) is 5.32 Å². The van der Waals surface area contributed by atoms with Crippen LogP contribution in [0.1, 0.15) is 31.9 Å². The molecule has 0 aliphatic carbocycles. The van der Waals surface area contributed by atoms with Crippen LogP contribution in [0.5, 0.6) is 5.75 Å². The van der Waals surface area contributed by atoms with Crippen molar-refractivity contribution in [2.24, 2.45) is 0 Å². The molecule has 1 amide bonds. The number of carbonyl (C=O) groups is 1. The summed E-state index contributed by atoms with van der Waals surface area (Å²) < 4.78 is 23.9. The van der Waals surface area contributed by atoms with Gasteiger partial charge >= 0.3 is 0 Å². The van der Waals surface area contributed by atoms with Crippen LogP contribution in [0.3, 0.4) is 0 Å². The Morgan fingerprint density at radius 1 is 1.43 bits per heavy atom. The van der Waals surface area contributed by atoms with Crippen molar-refractivity contribution in [1.29, 1.82) is 0 Å². The molecule has 0 bridgehead atoms. The van der Waals surface area contributed by atoms with E-state index in [9.17, 15) is 14.3 Å². The second kappa shape index (κ2) is 8.59. The monoisotopic (exact) mass is 299 g/mol. The molecule has 0 aliphatic heterocycles. The topological polar surface area (TPSA) is 67.8 Å². The molecule has 118 valence electrons. The lowest BCUT2D eigenvalue weighted by Gasteiger charge is -2.15. The average Bonchev–Trinajstić information content (AvgIpc) is 2.43. The molecule has 21 heavy (non-hydrogen) atoms. The Balaban J connectivity index is 2.52. The standard InChI is InChI=1S/C15H22FNO4/c1-10(18)13-6-5-12(9-14(13)16)21-11(2)15(19)17-7-4-8-20-3/h5-6,9-11,18H,4,7-8H2,1-3H3,(H,17,19)/t10-,11?/m0/s1. The van der Waals surface area contributed by atoms with Gasteiger partial charge in [-0.3, -0.25) is 4.79 Å². The summed E-state index contributed by atoms with van der Waals surface area (Å²) in [5.41, 5.74) is 0.194. The molecule has 0 aromatic heterocycles. The Kier molecular flexibility index (Phi) is 7.11. The number of amides is 1. The van der Waals surface area contributed by atoms with Crippen molar-refractivity contribution in [1.82, 2.24) is 5.32 Å². The van der Waals surface area contributed by atoms with Crippen LogP contribution in [0, 0.1) is 5.82 Å². The first-order chi connectivity index (χ1) is 9.95. The van der Waals surface area contributed by atoms with E-state index in [1.807, 2.05) is 0 Å². The highest BCUT2D eigenvalue weighted by molar-refractivity contribution is 5.80. The third-order valence-electron chi connectivity index (χ3n) is 2.93. The van der Waals surface area contributed by atoms with E-state index in [-0.39, 0.29) is 17.2 Å². The van der Waals surface area contributed by atoms with Gasteiger partial charge in [0.1, 0.15) is 11.6 Å². The third kappa shape index (κ3) is 5.69. The highest BCUT2D eigenvalue weighted by atomic mass is 19.1. The fraction of sp³-hybridized carbons (Fsp3) is 0.533. The molecule has 2 atom stereocenters. The first-order valence-electron chi connectivity index (χ1n) is 6.86. The summed E-state index contributed by atoms with van der Waals surface area (Å²) in [6, 6.07) is 4.13. The SMILES string of the molecule is COCCCNC(=O)C(C)Oc1ccc([C@H](C)O)c(F)c1. The summed E-state index contributed by atoms with van der Waals surface area (Å²) in [6.07, 6.45) is -0.906. The molecule has 0 spiro atoms. The number of benzene rings is 1. The molecule has 0 saturated carbocycles. The quantitative estimate of drug-likeness (QED) is 0.718. The fourth-order valence-electron chi connectivity index (χ4n) is 1.75. The number of ether oxygens (including phenoxy) is 2. The molecular weight excluding hydrogens is 277 g/mol. The normalized spacial score (nSPS) is 13.6. The van der Waals surface area contributed by atoms with E-state index in [0.29, 0.717) is 19.6 Å². The van der Waals surface area contributed by atoms with Gasteiger partial charge in [-0.05, 0) is 32.4 Å². The predicted octanol–water partition coefficient (Wildman–Crippen LogP) is 1.80. The van der Waals surface area contributed by atoms with Gasteiger partial charge in [0.05, 0.1) is 6.10 Å². The number of hydrogen-bond acceptors (Lipinski definition) is 4. The third-order valence-corrected chi connectivity index (χ3v) is 2.93. The van der Waals surface area contributed by atoms with Gasteiger partial charge < -0.3 is 19.9 Å². The van der Waals surface area contributed by atoms with Crippen LogP contribution >= 0.6 is 0 Å². The highest BCUT2D eigenvalue weighted by Crippen LogP contribution is 2.22. The lowest BCUT2D eigenvalue weighted by Crippen LogP contribution is -2.37. The van der Waals surface area contributed by atoms with Gasteiger partial charge in [0.25, 0.3) is 5.91 Å². The number of rotatable bonds is 8. The van der Waals surface area contributed by atoms with Crippen LogP contribution < -0.4 is 10.1 Å². The van der Waals surface area contributed by atoms with Crippen molar-refractivity contribution in [2.75, 3.05) is 20.3 Å². The van der Waals surface area contributed by atoms with Crippen molar-refractivity contribution in [3.05, 3.63) is 29.6 Å². The molecule has 1 unspecified atom stereocenters. The van der Waals surface area contributed by atoms with E-state index in [4.69, 9.17) is 9.47 Å². The molecule has 0 heterocycles. The summed E-state index contributed by atoms with van der Waals surface area (Å²) in [6.45, 7) is 4.14. The van der Waals surface area contributed by atoms with Crippen molar-refractivity contribution in [3.63, 3.8) is 0 Å². The smallest absolute Gasteiger partial charge is 0.260 e. The second-order valence-electron chi connectivity index (χ2n) is 4.76. The van der Waals surface area contributed by atoms with E-state index in [1.165, 1.54) is 19.1 Å². The molecule has 5 nitrogen and oxygen atoms in total. The summed E-state index contributed by atoms with van der Waals surface area (Å²) >= 11 is 0. The van der Waals surface area contributed by atoms with Gasteiger partial charge in [0.15, 0.2) is 6.10 Å². The van der Waals surface area contributed by atoms with Crippen molar-refractivity contribution >= 4 is 5.91 Å². The zero-order valence-electron chi connectivity index (χ0n) is 12.6. The molecule has 2 N–H and O–H groups in total. The van der Waals surface area contributed by atoms with Crippen LogP contribution in [-0.4, -0.2) is 37.4 Å². The van der Waals surface area contributed by atoms with E-state index in [1.54, 1.807) is 14.0 Å². The van der Waals surface area contributed by atoms with Gasteiger partial charge in [0, 0.05) is 31.9 Å². The average molecular weight is 299 g/mol. The summed E-state index contributed by atoms with van der Waals surface area (Å²) in [7, 11) is 1.60. The molecule has 1 aromatic rings. The number of aliphatic hydroxyl groups is 1. The maximum absolute atomic E-state index is 13.7. The number of carbonyl (C=O) groups excluding carboxylic acids is 1. The Hall–Kier alpha value is -1.66. The number of aliphatic hydroxyl groups excluding tert-OH is 1. The van der Waals surface area contributed by atoms with Crippen LogP contribution in [0.15, 0.2) is 18.2 Å². The highest BCUT2D eigenvalue weighted by Gasteiger charge is 2.15. The minimum Gasteiger partial charge on any atom is -0.481 e. The number of nitrogens with one attached hydrogen (secondary N) is 1. The molecule has 0 saturated heterocycles. The Morgan fingerprint density at radius 3 is 2.71 bits per heavy atom. The largest absolute Gasteiger partial charge is 0.481 e. The molecular formula is C15H22FNO4. The van der Waals surface area contributed by atoms with Crippen molar-refractivity contribution in [3.8, 4) is 5.75 Å². The molecule has 0 fully saturated rings. The molecule has 1 aromatic carbocycles. The molecule has 6 heteroatoms. The molecule has 1 rings (SSSR count). The summed E-state index contributed by atoms with van der Waals surface area (Å²) in [5.74, 6) is -0.585. The predicted molar refractivity (Wildman–Crippen MR) is 76.6 cm³/mol.